The van der Waals surface area contributed by atoms with Crippen molar-refractivity contribution in [3.63, 3.8) is 0 Å². The number of benzene rings is 2. The highest BCUT2D eigenvalue weighted by Gasteiger charge is 2.29. The largest absolute Gasteiger partial charge is 0.416 e. The van der Waals surface area contributed by atoms with Crippen molar-refractivity contribution in [3.8, 4) is 11.1 Å². The van der Waals surface area contributed by atoms with Gasteiger partial charge in [0.25, 0.3) is 0 Å². The van der Waals surface area contributed by atoms with Crippen LogP contribution in [0.4, 0.5) is 13.2 Å². The number of imidazole rings is 1. The second-order valence-corrected chi connectivity index (χ2v) is 6.58. The lowest BCUT2D eigenvalue weighted by molar-refractivity contribution is -0.137. The molecule has 0 unspecified atom stereocenters. The van der Waals surface area contributed by atoms with Crippen LogP contribution in [0.15, 0.2) is 61.1 Å². The van der Waals surface area contributed by atoms with Gasteiger partial charge in [-0.1, -0.05) is 36.4 Å². The smallest absolute Gasteiger partial charge is 0.340 e. The monoisotopic (exact) mass is 373 g/mol. The minimum Gasteiger partial charge on any atom is -0.340 e. The number of aryl methyl sites for hydroxylation is 2. The first-order chi connectivity index (χ1) is 12.9. The summed E-state index contributed by atoms with van der Waals surface area (Å²) in [5.74, 6) is 0. The molecule has 0 aliphatic heterocycles. The Morgan fingerprint density at radius 3 is 2.15 bits per heavy atom. The number of nitrogens with zero attached hydrogens (tertiary/aromatic N) is 2. The van der Waals surface area contributed by atoms with Crippen LogP contribution in [0.3, 0.4) is 0 Å². The quantitative estimate of drug-likeness (QED) is 0.601. The van der Waals surface area contributed by atoms with E-state index in [4.69, 9.17) is 0 Å². The molecular weight excluding hydrogens is 351 g/mol. The van der Waals surface area contributed by atoms with Gasteiger partial charge in [0.1, 0.15) is 0 Å². The molecule has 0 amide bonds. The molecule has 3 rings (SSSR count). The lowest BCUT2D eigenvalue weighted by Crippen LogP contribution is -2.15. The third-order valence-corrected chi connectivity index (χ3v) is 4.37. The van der Waals surface area contributed by atoms with Gasteiger partial charge in [-0.25, -0.2) is 4.98 Å². The number of halogens is 3. The molecule has 1 heterocycles. The van der Waals surface area contributed by atoms with Gasteiger partial charge in [0.2, 0.25) is 0 Å². The molecule has 0 aliphatic carbocycles. The highest BCUT2D eigenvalue weighted by atomic mass is 19.4. The van der Waals surface area contributed by atoms with Crippen molar-refractivity contribution in [2.75, 3.05) is 6.54 Å². The summed E-state index contributed by atoms with van der Waals surface area (Å²) in [7, 11) is 1.96. The molecule has 0 saturated carbocycles. The van der Waals surface area contributed by atoms with Crippen molar-refractivity contribution >= 4 is 0 Å². The average Bonchev–Trinajstić information content (AvgIpc) is 3.07. The summed E-state index contributed by atoms with van der Waals surface area (Å²) in [6, 6.07) is 13.1. The fourth-order valence-corrected chi connectivity index (χ4v) is 2.89. The molecule has 0 aliphatic rings. The molecule has 0 bridgehead atoms. The normalized spacial score (nSPS) is 11.7. The Kier molecular flexibility index (Phi) is 5.96. The summed E-state index contributed by atoms with van der Waals surface area (Å²) in [5, 5.41) is 3.40. The van der Waals surface area contributed by atoms with E-state index in [0.717, 1.165) is 60.4 Å². The first-order valence-electron chi connectivity index (χ1n) is 8.86. The molecule has 3 nitrogen and oxygen atoms in total. The van der Waals surface area contributed by atoms with E-state index >= 15 is 0 Å². The maximum absolute atomic E-state index is 12.6. The number of hydrogen-bond acceptors (Lipinski definition) is 2. The van der Waals surface area contributed by atoms with Crippen molar-refractivity contribution in [3.05, 3.63) is 77.9 Å². The number of rotatable bonds is 7. The molecule has 27 heavy (non-hydrogen) atoms. The van der Waals surface area contributed by atoms with Crippen LogP contribution in [0.5, 0.6) is 0 Å². The van der Waals surface area contributed by atoms with E-state index in [1.54, 1.807) is 6.33 Å². The maximum Gasteiger partial charge on any atom is 0.416 e. The third-order valence-electron chi connectivity index (χ3n) is 4.37. The Morgan fingerprint density at radius 2 is 1.59 bits per heavy atom. The predicted molar refractivity (Wildman–Crippen MR) is 100 cm³/mol. The van der Waals surface area contributed by atoms with Crippen LogP contribution in [0.25, 0.3) is 11.1 Å². The summed E-state index contributed by atoms with van der Waals surface area (Å²) in [5.41, 5.74) is 3.29. The Morgan fingerprint density at radius 1 is 0.963 bits per heavy atom. The van der Waals surface area contributed by atoms with Crippen LogP contribution < -0.4 is 5.32 Å². The molecular formula is C21H22F3N3. The van der Waals surface area contributed by atoms with E-state index in [-0.39, 0.29) is 0 Å². The van der Waals surface area contributed by atoms with E-state index in [1.807, 2.05) is 42.1 Å². The van der Waals surface area contributed by atoms with Crippen LogP contribution >= 0.6 is 0 Å². The van der Waals surface area contributed by atoms with E-state index in [2.05, 4.69) is 10.3 Å². The second kappa shape index (κ2) is 8.39. The van der Waals surface area contributed by atoms with Crippen LogP contribution in [0.1, 0.15) is 23.2 Å². The Balaban J connectivity index is 1.47. The molecule has 2 aromatic carbocycles. The van der Waals surface area contributed by atoms with Crippen molar-refractivity contribution in [1.82, 2.24) is 14.9 Å². The Hall–Kier alpha value is -2.60. The fourth-order valence-electron chi connectivity index (χ4n) is 2.89. The molecule has 0 fully saturated rings. The van der Waals surface area contributed by atoms with Gasteiger partial charge in [-0.05, 0) is 48.2 Å². The molecule has 1 N–H and O–H groups in total. The minimum atomic E-state index is -4.30. The van der Waals surface area contributed by atoms with E-state index in [0.29, 0.717) is 0 Å². The van der Waals surface area contributed by atoms with Crippen molar-refractivity contribution in [1.29, 1.82) is 0 Å². The second-order valence-electron chi connectivity index (χ2n) is 6.58. The van der Waals surface area contributed by atoms with Gasteiger partial charge in [0.05, 0.1) is 17.6 Å². The number of nitrogens with one attached hydrogen (secondary N) is 1. The first-order valence-corrected chi connectivity index (χ1v) is 8.86. The molecule has 0 atom stereocenters. The zero-order valence-corrected chi connectivity index (χ0v) is 15.1. The molecule has 0 saturated heterocycles. The molecule has 3 aromatic rings. The van der Waals surface area contributed by atoms with E-state index < -0.39 is 11.7 Å². The molecule has 142 valence electrons. The highest BCUT2D eigenvalue weighted by molar-refractivity contribution is 5.64. The summed E-state index contributed by atoms with van der Waals surface area (Å²) in [4.78, 5) is 4.30. The zero-order chi connectivity index (χ0) is 19.3. The summed E-state index contributed by atoms with van der Waals surface area (Å²) in [6.07, 6.45) is 1.49. The van der Waals surface area contributed by atoms with Crippen LogP contribution in [-0.4, -0.2) is 16.1 Å². The standard InChI is InChI=1S/C21H22F3N3/c1-27-14-20(26-15-27)3-2-12-25-13-16-4-6-17(7-5-16)18-8-10-19(11-9-18)21(22,23)24/h4-11,14-15,25H,2-3,12-13H2,1H3. The third kappa shape index (κ3) is 5.44. The van der Waals surface area contributed by atoms with Crippen molar-refractivity contribution in [2.45, 2.75) is 25.6 Å². The van der Waals surface area contributed by atoms with Gasteiger partial charge >= 0.3 is 6.18 Å². The predicted octanol–water partition coefficient (Wildman–Crippen LogP) is 4.83. The van der Waals surface area contributed by atoms with Gasteiger partial charge in [-0.15, -0.1) is 0 Å². The number of alkyl halides is 3. The minimum absolute atomic E-state index is 0.627. The van der Waals surface area contributed by atoms with Gasteiger partial charge in [0, 0.05) is 19.8 Å². The SMILES string of the molecule is Cn1cnc(CCCNCc2ccc(-c3ccc(C(F)(F)F)cc3)cc2)c1. The lowest BCUT2D eigenvalue weighted by Gasteiger charge is -2.09. The van der Waals surface area contributed by atoms with Crippen molar-refractivity contribution in [2.24, 2.45) is 7.05 Å². The Labute approximate surface area is 156 Å². The van der Waals surface area contributed by atoms with Crippen molar-refractivity contribution < 1.29 is 13.2 Å². The van der Waals surface area contributed by atoms with Gasteiger partial charge in [0.15, 0.2) is 0 Å². The number of hydrogen-bond donors (Lipinski definition) is 1. The lowest BCUT2D eigenvalue weighted by atomic mass is 10.0. The summed E-state index contributed by atoms with van der Waals surface area (Å²) < 4.78 is 39.8. The number of aromatic nitrogens is 2. The molecule has 0 spiro atoms. The van der Waals surface area contributed by atoms with Gasteiger partial charge < -0.3 is 9.88 Å². The fraction of sp³-hybridized carbons (Fsp3) is 0.286. The molecule has 1 aromatic heterocycles. The van der Waals surface area contributed by atoms with E-state index in [9.17, 15) is 13.2 Å². The molecule has 6 heteroatoms. The summed E-state index contributed by atoms with van der Waals surface area (Å²) >= 11 is 0. The van der Waals surface area contributed by atoms with Crippen LogP contribution in [0.2, 0.25) is 0 Å². The first kappa shape index (κ1) is 19.2. The maximum atomic E-state index is 12.6. The summed E-state index contributed by atoms with van der Waals surface area (Å²) in [6.45, 7) is 1.66. The zero-order valence-electron chi connectivity index (χ0n) is 15.1. The average molecular weight is 373 g/mol. The van der Waals surface area contributed by atoms with Crippen LogP contribution in [-0.2, 0) is 26.2 Å². The van der Waals surface area contributed by atoms with Gasteiger partial charge in [-0.2, -0.15) is 13.2 Å². The van der Waals surface area contributed by atoms with Crippen LogP contribution in [0, 0.1) is 0 Å². The van der Waals surface area contributed by atoms with E-state index in [1.165, 1.54) is 12.1 Å². The highest BCUT2D eigenvalue weighted by Crippen LogP contribution is 2.31. The Bertz CT molecular complexity index is 850. The molecule has 0 radical (unpaired) electrons. The topological polar surface area (TPSA) is 29.9 Å². The van der Waals surface area contributed by atoms with Gasteiger partial charge in [-0.3, -0.25) is 0 Å².